The van der Waals surface area contributed by atoms with Crippen LogP contribution in [0.5, 0.6) is 0 Å². The van der Waals surface area contributed by atoms with Crippen LogP contribution in [0.25, 0.3) is 0 Å². The highest BCUT2D eigenvalue weighted by molar-refractivity contribution is 5.77. The van der Waals surface area contributed by atoms with Crippen molar-refractivity contribution in [3.8, 4) is 0 Å². The molecule has 1 heterocycles. The van der Waals surface area contributed by atoms with E-state index >= 15 is 0 Å². The Hall–Kier alpha value is -0.650. The standard InChI is InChI=1S/C11H22N2O3/c1-11(15)3-2-6-13(7-4-11)10(14)9-16-8-5-12/h15H,2-9,12H2,1H3. The summed E-state index contributed by atoms with van der Waals surface area (Å²) in [6.45, 7) is 4.09. The van der Waals surface area contributed by atoms with E-state index in [9.17, 15) is 9.90 Å². The maximum atomic E-state index is 11.7. The van der Waals surface area contributed by atoms with Crippen LogP contribution in [0.3, 0.4) is 0 Å². The maximum Gasteiger partial charge on any atom is 0.248 e. The number of rotatable bonds is 4. The number of carbonyl (C=O) groups is 1. The van der Waals surface area contributed by atoms with E-state index in [4.69, 9.17) is 10.5 Å². The van der Waals surface area contributed by atoms with Gasteiger partial charge < -0.3 is 20.5 Å². The average Bonchev–Trinajstić information content (AvgIpc) is 2.39. The molecule has 1 fully saturated rings. The molecular weight excluding hydrogens is 208 g/mol. The Balaban J connectivity index is 2.33. The maximum absolute atomic E-state index is 11.7. The van der Waals surface area contributed by atoms with Crippen LogP contribution in [0, 0.1) is 0 Å². The summed E-state index contributed by atoms with van der Waals surface area (Å²) < 4.78 is 5.11. The molecule has 1 unspecified atom stereocenters. The Morgan fingerprint density at radius 3 is 2.94 bits per heavy atom. The normalized spacial score (nSPS) is 26.6. The van der Waals surface area contributed by atoms with Crippen LogP contribution in [0.15, 0.2) is 0 Å². The molecule has 5 nitrogen and oxygen atoms in total. The van der Waals surface area contributed by atoms with Crippen molar-refractivity contribution in [2.75, 3.05) is 32.8 Å². The van der Waals surface area contributed by atoms with Gasteiger partial charge in [0.25, 0.3) is 0 Å². The van der Waals surface area contributed by atoms with E-state index in [0.717, 1.165) is 12.8 Å². The second-order valence-electron chi connectivity index (χ2n) is 4.57. The van der Waals surface area contributed by atoms with Crippen LogP contribution in [-0.2, 0) is 9.53 Å². The molecule has 1 rings (SSSR count). The lowest BCUT2D eigenvalue weighted by Crippen LogP contribution is -2.36. The molecule has 0 spiro atoms. The molecular formula is C11H22N2O3. The van der Waals surface area contributed by atoms with E-state index < -0.39 is 5.60 Å². The Bertz CT molecular complexity index is 231. The molecule has 0 aromatic rings. The zero-order chi connectivity index (χ0) is 12.0. The molecule has 0 aliphatic carbocycles. The third-order valence-corrected chi connectivity index (χ3v) is 2.90. The van der Waals surface area contributed by atoms with Gasteiger partial charge in [-0.15, -0.1) is 0 Å². The molecule has 16 heavy (non-hydrogen) atoms. The third-order valence-electron chi connectivity index (χ3n) is 2.90. The molecule has 1 atom stereocenters. The highest BCUT2D eigenvalue weighted by atomic mass is 16.5. The van der Waals surface area contributed by atoms with Crippen LogP contribution >= 0.6 is 0 Å². The number of nitrogens with zero attached hydrogens (tertiary/aromatic N) is 1. The lowest BCUT2D eigenvalue weighted by Gasteiger charge is -2.22. The number of ether oxygens (including phenoxy) is 1. The lowest BCUT2D eigenvalue weighted by atomic mass is 9.98. The van der Waals surface area contributed by atoms with Gasteiger partial charge in [-0.3, -0.25) is 4.79 Å². The summed E-state index contributed by atoms with van der Waals surface area (Å²) in [5, 5.41) is 9.88. The van der Waals surface area contributed by atoms with Crippen molar-refractivity contribution in [3.05, 3.63) is 0 Å². The zero-order valence-corrected chi connectivity index (χ0v) is 9.95. The second-order valence-corrected chi connectivity index (χ2v) is 4.57. The smallest absolute Gasteiger partial charge is 0.248 e. The molecule has 0 aromatic heterocycles. The van der Waals surface area contributed by atoms with Crippen LogP contribution in [-0.4, -0.2) is 54.4 Å². The topological polar surface area (TPSA) is 75.8 Å². The van der Waals surface area contributed by atoms with Gasteiger partial charge in [-0.2, -0.15) is 0 Å². The summed E-state index contributed by atoms with van der Waals surface area (Å²) >= 11 is 0. The van der Waals surface area contributed by atoms with Crippen molar-refractivity contribution >= 4 is 5.91 Å². The Morgan fingerprint density at radius 1 is 1.50 bits per heavy atom. The van der Waals surface area contributed by atoms with Crippen molar-refractivity contribution in [2.45, 2.75) is 31.8 Å². The number of hydrogen-bond donors (Lipinski definition) is 2. The average molecular weight is 230 g/mol. The summed E-state index contributed by atoms with van der Waals surface area (Å²) in [6, 6.07) is 0. The van der Waals surface area contributed by atoms with E-state index in [2.05, 4.69) is 0 Å². The molecule has 5 heteroatoms. The minimum Gasteiger partial charge on any atom is -0.390 e. The number of nitrogens with two attached hydrogens (primary N) is 1. The molecule has 1 aliphatic rings. The number of likely N-dealkylation sites (tertiary alicyclic amines) is 1. The highest BCUT2D eigenvalue weighted by Crippen LogP contribution is 2.21. The quantitative estimate of drug-likeness (QED) is 0.652. The summed E-state index contributed by atoms with van der Waals surface area (Å²) in [7, 11) is 0. The molecule has 0 radical (unpaired) electrons. The fourth-order valence-corrected chi connectivity index (χ4v) is 1.85. The number of aliphatic hydroxyl groups is 1. The molecule has 3 N–H and O–H groups in total. The minimum absolute atomic E-state index is 0.00819. The predicted molar refractivity (Wildman–Crippen MR) is 60.9 cm³/mol. The van der Waals surface area contributed by atoms with Gasteiger partial charge in [0.05, 0.1) is 12.2 Å². The fourth-order valence-electron chi connectivity index (χ4n) is 1.85. The van der Waals surface area contributed by atoms with Gasteiger partial charge in [0.2, 0.25) is 5.91 Å². The van der Waals surface area contributed by atoms with Crippen LogP contribution in [0.1, 0.15) is 26.2 Å². The lowest BCUT2D eigenvalue weighted by molar-refractivity contribution is -0.136. The molecule has 1 saturated heterocycles. The first-order valence-electron chi connectivity index (χ1n) is 5.83. The van der Waals surface area contributed by atoms with E-state index in [1.54, 1.807) is 4.90 Å². The number of hydrogen-bond acceptors (Lipinski definition) is 4. The Morgan fingerprint density at radius 2 is 2.25 bits per heavy atom. The van der Waals surface area contributed by atoms with Crippen molar-refractivity contribution < 1.29 is 14.6 Å². The fraction of sp³-hybridized carbons (Fsp3) is 0.909. The van der Waals surface area contributed by atoms with Gasteiger partial charge in [-0.25, -0.2) is 0 Å². The molecule has 0 bridgehead atoms. The van der Waals surface area contributed by atoms with Gasteiger partial charge in [0, 0.05) is 19.6 Å². The first-order valence-corrected chi connectivity index (χ1v) is 5.83. The SMILES string of the molecule is CC1(O)CCCN(C(=O)COCCN)CC1. The van der Waals surface area contributed by atoms with Crippen molar-refractivity contribution in [2.24, 2.45) is 5.73 Å². The van der Waals surface area contributed by atoms with E-state index in [1.165, 1.54) is 0 Å². The van der Waals surface area contributed by atoms with E-state index in [-0.39, 0.29) is 12.5 Å². The van der Waals surface area contributed by atoms with Crippen LogP contribution in [0.2, 0.25) is 0 Å². The molecule has 1 aliphatic heterocycles. The molecule has 94 valence electrons. The minimum atomic E-state index is -0.632. The van der Waals surface area contributed by atoms with Gasteiger partial charge in [0.15, 0.2) is 0 Å². The highest BCUT2D eigenvalue weighted by Gasteiger charge is 2.26. The summed E-state index contributed by atoms with van der Waals surface area (Å²) in [4.78, 5) is 13.5. The largest absolute Gasteiger partial charge is 0.390 e. The van der Waals surface area contributed by atoms with Gasteiger partial charge in [-0.1, -0.05) is 0 Å². The van der Waals surface area contributed by atoms with Crippen LogP contribution < -0.4 is 5.73 Å². The number of amides is 1. The van der Waals surface area contributed by atoms with Crippen LogP contribution in [0.4, 0.5) is 0 Å². The predicted octanol–water partition coefficient (Wildman–Crippen LogP) is -0.275. The van der Waals surface area contributed by atoms with Gasteiger partial charge in [0.1, 0.15) is 6.61 Å². The molecule has 1 amide bonds. The van der Waals surface area contributed by atoms with Crippen molar-refractivity contribution in [3.63, 3.8) is 0 Å². The van der Waals surface area contributed by atoms with Gasteiger partial charge in [-0.05, 0) is 26.2 Å². The Labute approximate surface area is 96.6 Å². The van der Waals surface area contributed by atoms with Crippen molar-refractivity contribution in [1.29, 1.82) is 0 Å². The number of carbonyl (C=O) groups excluding carboxylic acids is 1. The summed E-state index contributed by atoms with van der Waals surface area (Å²) in [5.74, 6) is -0.00819. The second kappa shape index (κ2) is 6.18. The first-order chi connectivity index (χ1) is 7.55. The van der Waals surface area contributed by atoms with Crippen molar-refractivity contribution in [1.82, 2.24) is 4.90 Å². The third kappa shape index (κ3) is 4.47. The van der Waals surface area contributed by atoms with Gasteiger partial charge >= 0.3 is 0 Å². The Kier molecular flexibility index (Phi) is 5.18. The molecule has 0 saturated carbocycles. The first kappa shape index (κ1) is 13.4. The summed E-state index contributed by atoms with van der Waals surface area (Å²) in [6.07, 6.45) is 2.23. The summed E-state index contributed by atoms with van der Waals surface area (Å²) in [5.41, 5.74) is 4.64. The molecule has 0 aromatic carbocycles. The van der Waals surface area contributed by atoms with E-state index in [1.807, 2.05) is 6.92 Å². The van der Waals surface area contributed by atoms with E-state index in [0.29, 0.717) is 32.7 Å². The monoisotopic (exact) mass is 230 g/mol. The zero-order valence-electron chi connectivity index (χ0n) is 9.95.